The molecule has 0 atom stereocenters. The smallest absolute Gasteiger partial charge is 0.267 e. The topological polar surface area (TPSA) is 68.0 Å². The molecule has 1 amide bonds. The number of fused-ring (bicyclic) bond motifs is 1. The first-order valence-corrected chi connectivity index (χ1v) is 9.71. The number of rotatable bonds is 3. The summed E-state index contributed by atoms with van der Waals surface area (Å²) < 4.78 is 13.5. The average molecular weight is 432 g/mol. The molecule has 0 aliphatic rings. The molecule has 0 saturated heterocycles. The summed E-state index contributed by atoms with van der Waals surface area (Å²) >= 11 is 13.2. The number of benzene rings is 2. The van der Waals surface area contributed by atoms with E-state index in [2.05, 4.69) is 10.3 Å². The lowest BCUT2D eigenvalue weighted by molar-refractivity contribution is 0.103. The highest BCUT2D eigenvalue weighted by atomic mass is 35.5. The quantitative estimate of drug-likeness (QED) is 0.403. The number of aromatic nitrogens is 1. The lowest BCUT2D eigenvalue weighted by Gasteiger charge is -2.07. The summed E-state index contributed by atoms with van der Waals surface area (Å²) in [5, 5.41) is 4.19. The third-order valence-corrected chi connectivity index (χ3v) is 5.78. The van der Waals surface area contributed by atoms with E-state index < -0.39 is 5.91 Å². The first-order chi connectivity index (χ1) is 13.4. The average Bonchev–Trinajstić information content (AvgIpc) is 3.01. The maximum Gasteiger partial charge on any atom is 0.267 e. The van der Waals surface area contributed by atoms with E-state index in [9.17, 15) is 9.18 Å². The lowest BCUT2D eigenvalue weighted by atomic mass is 10.1. The van der Waals surface area contributed by atoms with Crippen molar-refractivity contribution < 1.29 is 9.18 Å². The van der Waals surface area contributed by atoms with Crippen molar-refractivity contribution in [2.75, 3.05) is 11.1 Å². The molecule has 0 fully saturated rings. The number of nitrogen functional groups attached to an aromatic ring is 1. The monoisotopic (exact) mass is 431 g/mol. The summed E-state index contributed by atoms with van der Waals surface area (Å²) in [4.78, 5) is 18.1. The Morgan fingerprint density at radius 3 is 2.71 bits per heavy atom. The standard InChI is InChI=1S/C20H12Cl2FN3OS/c21-11-4-6-14(22)16(9-11)25-19(27)18-17(24)13-5-7-15(26-20(13)28-18)10-2-1-3-12(23)8-10/h1-9H,24H2,(H,25,27). The van der Waals surface area contributed by atoms with Crippen molar-refractivity contribution in [2.45, 2.75) is 0 Å². The molecule has 0 unspecified atom stereocenters. The van der Waals surface area contributed by atoms with E-state index in [0.717, 1.165) is 11.3 Å². The first kappa shape index (κ1) is 18.7. The van der Waals surface area contributed by atoms with Crippen LogP contribution in [0.1, 0.15) is 9.67 Å². The number of thiophene rings is 1. The Balaban J connectivity index is 1.71. The molecular formula is C20H12Cl2FN3OS. The van der Waals surface area contributed by atoms with Crippen molar-refractivity contribution in [3.05, 3.63) is 75.3 Å². The van der Waals surface area contributed by atoms with Gasteiger partial charge in [-0.25, -0.2) is 9.37 Å². The molecule has 8 heteroatoms. The molecule has 0 aliphatic heterocycles. The fraction of sp³-hybridized carbons (Fsp3) is 0. The molecule has 4 nitrogen and oxygen atoms in total. The molecule has 140 valence electrons. The zero-order valence-corrected chi connectivity index (χ0v) is 16.5. The molecule has 0 bridgehead atoms. The molecule has 4 aromatic rings. The van der Waals surface area contributed by atoms with Crippen LogP contribution in [0.15, 0.2) is 54.6 Å². The molecule has 0 aliphatic carbocycles. The highest BCUT2D eigenvalue weighted by molar-refractivity contribution is 7.21. The zero-order valence-electron chi connectivity index (χ0n) is 14.2. The van der Waals surface area contributed by atoms with E-state index in [-0.39, 0.29) is 5.82 Å². The summed E-state index contributed by atoms with van der Waals surface area (Å²) in [5.74, 6) is -0.750. The SMILES string of the molecule is Nc1c(C(=O)Nc2cc(Cl)ccc2Cl)sc2nc(-c3cccc(F)c3)ccc12. The fourth-order valence-electron chi connectivity index (χ4n) is 2.75. The van der Waals surface area contributed by atoms with Gasteiger partial charge in [0.2, 0.25) is 0 Å². The molecule has 3 N–H and O–H groups in total. The minimum absolute atomic E-state index is 0.315. The Labute approximate surface area is 173 Å². The molecule has 28 heavy (non-hydrogen) atoms. The number of hydrogen-bond donors (Lipinski definition) is 2. The van der Waals surface area contributed by atoms with E-state index in [1.165, 1.54) is 12.1 Å². The summed E-state index contributed by atoms with van der Waals surface area (Å²) in [6.07, 6.45) is 0. The second kappa shape index (κ2) is 7.39. The second-order valence-electron chi connectivity index (χ2n) is 5.98. The van der Waals surface area contributed by atoms with Crippen molar-refractivity contribution >= 4 is 62.0 Å². The van der Waals surface area contributed by atoms with Gasteiger partial charge in [0.25, 0.3) is 5.91 Å². The lowest BCUT2D eigenvalue weighted by Crippen LogP contribution is -2.12. The van der Waals surface area contributed by atoms with Gasteiger partial charge in [-0.2, -0.15) is 0 Å². The van der Waals surface area contributed by atoms with Gasteiger partial charge in [-0.05, 0) is 42.5 Å². The van der Waals surface area contributed by atoms with Crippen LogP contribution < -0.4 is 11.1 Å². The van der Waals surface area contributed by atoms with Gasteiger partial charge in [0.1, 0.15) is 15.5 Å². The number of halogens is 3. The Morgan fingerprint density at radius 2 is 1.93 bits per heavy atom. The van der Waals surface area contributed by atoms with Crippen molar-refractivity contribution in [1.29, 1.82) is 0 Å². The summed E-state index contributed by atoms with van der Waals surface area (Å²) in [7, 11) is 0. The van der Waals surface area contributed by atoms with Crippen LogP contribution in [0.4, 0.5) is 15.8 Å². The Morgan fingerprint density at radius 1 is 1.11 bits per heavy atom. The molecule has 2 aromatic carbocycles. The highest BCUT2D eigenvalue weighted by Gasteiger charge is 2.19. The van der Waals surface area contributed by atoms with Gasteiger partial charge in [0.05, 0.1) is 22.1 Å². The second-order valence-corrected chi connectivity index (χ2v) is 7.83. The van der Waals surface area contributed by atoms with Crippen LogP contribution in [-0.2, 0) is 0 Å². The van der Waals surface area contributed by atoms with Gasteiger partial charge >= 0.3 is 0 Å². The largest absolute Gasteiger partial charge is 0.397 e. The molecule has 2 heterocycles. The van der Waals surface area contributed by atoms with Crippen LogP contribution in [0.5, 0.6) is 0 Å². The van der Waals surface area contributed by atoms with Crippen LogP contribution >= 0.6 is 34.5 Å². The van der Waals surface area contributed by atoms with E-state index in [1.54, 1.807) is 42.5 Å². The summed E-state index contributed by atoms with van der Waals surface area (Å²) in [6, 6.07) is 14.5. The molecule has 0 saturated carbocycles. The molecular weight excluding hydrogens is 420 g/mol. The highest BCUT2D eigenvalue weighted by Crippen LogP contribution is 2.35. The number of amides is 1. The van der Waals surface area contributed by atoms with Gasteiger partial charge in [-0.15, -0.1) is 11.3 Å². The van der Waals surface area contributed by atoms with Crippen LogP contribution in [0.2, 0.25) is 10.0 Å². The molecule has 4 rings (SSSR count). The van der Waals surface area contributed by atoms with Gasteiger partial charge in [0, 0.05) is 16.0 Å². The minimum Gasteiger partial charge on any atom is -0.397 e. The van der Waals surface area contributed by atoms with Gasteiger partial charge in [0.15, 0.2) is 0 Å². The third-order valence-electron chi connectivity index (χ3n) is 4.10. The predicted molar refractivity (Wildman–Crippen MR) is 114 cm³/mol. The van der Waals surface area contributed by atoms with E-state index in [4.69, 9.17) is 28.9 Å². The Kier molecular flexibility index (Phi) is 4.93. The number of nitrogens with two attached hydrogens (primary N) is 1. The van der Waals surface area contributed by atoms with Crippen LogP contribution in [0.3, 0.4) is 0 Å². The summed E-state index contributed by atoms with van der Waals surface area (Å²) in [6.45, 7) is 0. The van der Waals surface area contributed by atoms with Crippen molar-refractivity contribution in [1.82, 2.24) is 4.98 Å². The molecule has 2 aromatic heterocycles. The maximum atomic E-state index is 13.5. The number of anilines is 2. The normalized spacial score (nSPS) is 11.0. The number of carbonyl (C=O) groups excluding carboxylic acids is 1. The van der Waals surface area contributed by atoms with Gasteiger partial charge < -0.3 is 11.1 Å². The first-order valence-electron chi connectivity index (χ1n) is 8.14. The number of hydrogen-bond acceptors (Lipinski definition) is 4. The fourth-order valence-corrected chi connectivity index (χ4v) is 4.07. The summed E-state index contributed by atoms with van der Waals surface area (Å²) in [5.41, 5.74) is 8.13. The third kappa shape index (κ3) is 3.54. The van der Waals surface area contributed by atoms with Crippen LogP contribution in [-0.4, -0.2) is 10.9 Å². The maximum absolute atomic E-state index is 13.5. The Bertz CT molecular complexity index is 1230. The zero-order chi connectivity index (χ0) is 19.8. The van der Waals surface area contributed by atoms with Gasteiger partial charge in [-0.1, -0.05) is 35.3 Å². The van der Waals surface area contributed by atoms with Crippen LogP contribution in [0, 0.1) is 5.82 Å². The van der Waals surface area contributed by atoms with Gasteiger partial charge in [-0.3, -0.25) is 4.79 Å². The number of carbonyl (C=O) groups is 1. The van der Waals surface area contributed by atoms with Crippen molar-refractivity contribution in [3.63, 3.8) is 0 Å². The van der Waals surface area contributed by atoms with Crippen LogP contribution in [0.25, 0.3) is 21.5 Å². The number of nitrogens with zero attached hydrogens (tertiary/aromatic N) is 1. The van der Waals surface area contributed by atoms with Crippen molar-refractivity contribution in [3.8, 4) is 11.3 Å². The molecule has 0 radical (unpaired) electrons. The predicted octanol–water partition coefficient (Wildman–Crippen LogP) is 6.24. The van der Waals surface area contributed by atoms with E-state index >= 15 is 0 Å². The number of nitrogens with one attached hydrogen (secondary N) is 1. The Hall–Kier alpha value is -2.67. The minimum atomic E-state index is -0.406. The number of pyridine rings is 1. The van der Waals surface area contributed by atoms with E-state index in [1.807, 2.05) is 0 Å². The van der Waals surface area contributed by atoms with Crippen molar-refractivity contribution in [2.24, 2.45) is 0 Å². The molecule has 0 spiro atoms. The van der Waals surface area contributed by atoms with E-state index in [0.29, 0.717) is 47.8 Å².